The minimum Gasteiger partial charge on any atom is -0.354 e. The van der Waals surface area contributed by atoms with E-state index in [1.54, 1.807) is 0 Å². The lowest BCUT2D eigenvalue weighted by atomic mass is 10.1. The van der Waals surface area contributed by atoms with E-state index in [2.05, 4.69) is 54.3 Å². The summed E-state index contributed by atoms with van der Waals surface area (Å²) in [5.74, 6) is 1.70. The topological polar surface area (TPSA) is 109 Å². The number of urea groups is 1. The zero-order valence-electron chi connectivity index (χ0n) is 20.6. The van der Waals surface area contributed by atoms with E-state index in [1.165, 1.54) is 0 Å². The molecule has 3 aromatic rings. The van der Waals surface area contributed by atoms with Gasteiger partial charge in [-0.05, 0) is 38.3 Å². The van der Waals surface area contributed by atoms with Gasteiger partial charge in [-0.15, -0.1) is 0 Å². The van der Waals surface area contributed by atoms with Gasteiger partial charge in [-0.3, -0.25) is 5.10 Å². The van der Waals surface area contributed by atoms with E-state index < -0.39 is 0 Å². The largest absolute Gasteiger partial charge is 0.354 e. The summed E-state index contributed by atoms with van der Waals surface area (Å²) < 4.78 is 0. The number of hydrogen-bond donors (Lipinski definition) is 2. The van der Waals surface area contributed by atoms with Crippen molar-refractivity contribution in [3.63, 3.8) is 0 Å². The summed E-state index contributed by atoms with van der Waals surface area (Å²) in [6.07, 6.45) is 6.92. The number of fused-ring (bicyclic) bond motifs is 3. The third-order valence-corrected chi connectivity index (χ3v) is 8.12. The van der Waals surface area contributed by atoms with Gasteiger partial charge >= 0.3 is 6.03 Å². The summed E-state index contributed by atoms with van der Waals surface area (Å²) >= 11 is 0. The molecular formula is C25H32N10O. The average Bonchev–Trinajstić information content (AvgIpc) is 3.72. The first-order valence-corrected chi connectivity index (χ1v) is 13.1. The number of amides is 2. The Morgan fingerprint density at radius 1 is 1.03 bits per heavy atom. The van der Waals surface area contributed by atoms with Gasteiger partial charge in [0.1, 0.15) is 22.5 Å². The Balaban J connectivity index is 1.10. The molecule has 0 radical (unpaired) electrons. The molecule has 7 rings (SSSR count). The van der Waals surface area contributed by atoms with Crippen LogP contribution < -0.4 is 15.1 Å². The van der Waals surface area contributed by atoms with E-state index in [4.69, 9.17) is 9.97 Å². The summed E-state index contributed by atoms with van der Waals surface area (Å²) in [6, 6.07) is 5.30. The predicted molar refractivity (Wildman–Crippen MR) is 137 cm³/mol. The maximum Gasteiger partial charge on any atom is 0.320 e. The number of hydrogen-bond acceptors (Lipinski definition) is 8. The highest BCUT2D eigenvalue weighted by atomic mass is 16.2. The van der Waals surface area contributed by atoms with Crippen LogP contribution in [0.1, 0.15) is 26.2 Å². The number of aromatic amines is 1. The first kappa shape index (κ1) is 21.8. The number of anilines is 2. The highest BCUT2D eigenvalue weighted by Crippen LogP contribution is 2.35. The van der Waals surface area contributed by atoms with Crippen molar-refractivity contribution < 1.29 is 4.79 Å². The lowest BCUT2D eigenvalue weighted by Crippen LogP contribution is -2.52. The number of carbonyl (C=O) groups excluding carboxylic acids is 1. The standard InChI is InChI=1S/C25H32N10O/c1-16-13-33(9-6-26-16)21-5-4-17(11-27-21)22-23-20(30-31-22)12-28-24(29-23)34-14-19-10-18(34)15-35(19)25(36)32-7-2-3-8-32/h4-5,11-12,16,18-19,26H,2-3,6-10,13-15H2,1H3,(H,30,31)/t16?,18-,19-/m0/s1. The van der Waals surface area contributed by atoms with Crippen LogP contribution in [0.15, 0.2) is 24.5 Å². The molecule has 3 aromatic heterocycles. The number of carbonyl (C=O) groups is 1. The Kier molecular flexibility index (Phi) is 5.19. The molecule has 11 nitrogen and oxygen atoms in total. The first-order chi connectivity index (χ1) is 17.6. The molecule has 4 aliphatic heterocycles. The lowest BCUT2D eigenvalue weighted by Gasteiger charge is -2.36. The van der Waals surface area contributed by atoms with E-state index in [0.717, 1.165) is 93.2 Å². The monoisotopic (exact) mass is 488 g/mol. The van der Waals surface area contributed by atoms with Crippen molar-refractivity contribution >= 4 is 28.8 Å². The van der Waals surface area contributed by atoms with Gasteiger partial charge in [0.25, 0.3) is 0 Å². The highest BCUT2D eigenvalue weighted by Gasteiger charge is 2.47. The summed E-state index contributed by atoms with van der Waals surface area (Å²) in [7, 11) is 0. The molecule has 4 aliphatic rings. The summed E-state index contributed by atoms with van der Waals surface area (Å²) in [4.78, 5) is 35.9. The Hall–Kier alpha value is -3.47. The lowest BCUT2D eigenvalue weighted by molar-refractivity contribution is 0.154. The molecule has 7 heterocycles. The van der Waals surface area contributed by atoms with Crippen LogP contribution in [0.3, 0.4) is 0 Å². The molecule has 1 unspecified atom stereocenters. The van der Waals surface area contributed by atoms with Crippen LogP contribution in [0.5, 0.6) is 0 Å². The number of nitrogens with one attached hydrogen (secondary N) is 2. The van der Waals surface area contributed by atoms with Crippen LogP contribution in [0.4, 0.5) is 16.6 Å². The number of H-pyrrole nitrogens is 1. The normalized spacial score (nSPS) is 26.0. The van der Waals surface area contributed by atoms with Crippen LogP contribution in [0, 0.1) is 0 Å². The summed E-state index contributed by atoms with van der Waals surface area (Å²) in [6.45, 7) is 8.38. The number of aromatic nitrogens is 5. The van der Waals surface area contributed by atoms with E-state index in [-0.39, 0.29) is 18.1 Å². The molecule has 188 valence electrons. The number of rotatable bonds is 3. The molecule has 0 aromatic carbocycles. The molecule has 3 atom stereocenters. The summed E-state index contributed by atoms with van der Waals surface area (Å²) in [5, 5.41) is 11.1. The molecule has 4 fully saturated rings. The zero-order chi connectivity index (χ0) is 24.2. The third-order valence-electron chi connectivity index (χ3n) is 8.12. The third kappa shape index (κ3) is 3.64. The summed E-state index contributed by atoms with van der Waals surface area (Å²) in [5.41, 5.74) is 3.34. The maximum absolute atomic E-state index is 12.9. The molecular weight excluding hydrogens is 456 g/mol. The molecule has 36 heavy (non-hydrogen) atoms. The number of likely N-dealkylation sites (tertiary alicyclic amines) is 2. The van der Waals surface area contributed by atoms with Crippen molar-refractivity contribution in [3.8, 4) is 11.3 Å². The molecule has 11 heteroatoms. The second-order valence-corrected chi connectivity index (χ2v) is 10.5. The zero-order valence-corrected chi connectivity index (χ0v) is 20.6. The van der Waals surface area contributed by atoms with Gasteiger partial charge in [0.15, 0.2) is 0 Å². The molecule has 0 aliphatic carbocycles. The van der Waals surface area contributed by atoms with E-state index >= 15 is 0 Å². The predicted octanol–water partition coefficient (Wildman–Crippen LogP) is 1.69. The number of nitrogens with zero attached hydrogens (tertiary/aromatic N) is 8. The smallest absolute Gasteiger partial charge is 0.320 e. The van der Waals surface area contributed by atoms with Crippen molar-refractivity contribution in [2.45, 2.75) is 44.3 Å². The second-order valence-electron chi connectivity index (χ2n) is 10.5. The molecule has 2 N–H and O–H groups in total. The van der Waals surface area contributed by atoms with Crippen LogP contribution in [0.2, 0.25) is 0 Å². The van der Waals surface area contributed by atoms with Crippen molar-refractivity contribution in [1.82, 2.24) is 40.3 Å². The van der Waals surface area contributed by atoms with Crippen LogP contribution in [-0.2, 0) is 0 Å². The fourth-order valence-corrected chi connectivity index (χ4v) is 6.23. The molecule has 2 amide bonds. The average molecular weight is 489 g/mol. The van der Waals surface area contributed by atoms with Gasteiger partial charge in [-0.25, -0.2) is 19.7 Å². The first-order valence-electron chi connectivity index (χ1n) is 13.1. The van der Waals surface area contributed by atoms with Gasteiger partial charge in [0.2, 0.25) is 5.95 Å². The van der Waals surface area contributed by atoms with Crippen molar-refractivity contribution in [3.05, 3.63) is 24.5 Å². The maximum atomic E-state index is 12.9. The number of pyridine rings is 1. The Labute approximate surface area is 209 Å². The highest BCUT2D eigenvalue weighted by molar-refractivity contribution is 5.89. The number of piperazine rings is 2. The van der Waals surface area contributed by atoms with E-state index in [0.29, 0.717) is 12.0 Å². The van der Waals surface area contributed by atoms with Crippen LogP contribution in [-0.4, -0.2) is 105 Å². The van der Waals surface area contributed by atoms with Crippen molar-refractivity contribution in [1.29, 1.82) is 0 Å². The second kappa shape index (κ2) is 8.58. The minimum absolute atomic E-state index is 0.208. The molecule has 4 saturated heterocycles. The van der Waals surface area contributed by atoms with Gasteiger partial charge in [0.05, 0.1) is 18.3 Å². The fraction of sp³-hybridized carbons (Fsp3) is 0.560. The quantitative estimate of drug-likeness (QED) is 0.573. The molecule has 0 saturated carbocycles. The van der Waals surface area contributed by atoms with Gasteiger partial charge in [0, 0.05) is 63.6 Å². The van der Waals surface area contributed by atoms with Gasteiger partial charge in [-0.2, -0.15) is 5.10 Å². The molecule has 0 spiro atoms. The fourth-order valence-electron chi connectivity index (χ4n) is 6.23. The SMILES string of the molecule is CC1CN(c2ccc(-c3n[nH]c4cnc(N5C[C@@H]6C[C@H]5CN6C(=O)N5CCCC5)nc34)cn2)CCN1. The Bertz CT molecular complexity index is 1270. The molecule has 2 bridgehead atoms. The van der Waals surface area contributed by atoms with Crippen molar-refractivity contribution in [2.24, 2.45) is 0 Å². The van der Waals surface area contributed by atoms with E-state index in [1.807, 2.05) is 17.3 Å². The Morgan fingerprint density at radius 3 is 2.67 bits per heavy atom. The van der Waals surface area contributed by atoms with E-state index in [9.17, 15) is 4.79 Å². The Morgan fingerprint density at radius 2 is 1.92 bits per heavy atom. The van der Waals surface area contributed by atoms with Gasteiger partial charge < -0.3 is 24.9 Å². The van der Waals surface area contributed by atoms with Crippen LogP contribution in [0.25, 0.3) is 22.3 Å². The van der Waals surface area contributed by atoms with Crippen molar-refractivity contribution in [2.75, 3.05) is 55.6 Å². The van der Waals surface area contributed by atoms with Crippen LogP contribution >= 0.6 is 0 Å². The minimum atomic E-state index is 0.208. The van der Waals surface area contributed by atoms with Gasteiger partial charge in [-0.1, -0.05) is 0 Å².